The van der Waals surface area contributed by atoms with Crippen LogP contribution in [0.25, 0.3) is 5.69 Å². The number of halogens is 3. The summed E-state index contributed by atoms with van der Waals surface area (Å²) in [5.41, 5.74) is -0.612. The number of carbonyl (C=O) groups excluding carboxylic acids is 1. The van der Waals surface area contributed by atoms with Gasteiger partial charge >= 0.3 is 6.18 Å². The standard InChI is InChI=1S/C17H16F3N3O2/c18-17(19,20)13-4-7-21-23(13)12-3-1-2-11(8-12)15(25)22-9-14(24)16(10-22)5-6-16/h1-4,7-8,14,24H,5-6,9-10H2. The summed E-state index contributed by atoms with van der Waals surface area (Å²) in [5.74, 6) is -0.287. The van der Waals surface area contributed by atoms with Crippen LogP contribution >= 0.6 is 0 Å². The third kappa shape index (κ3) is 2.70. The molecule has 25 heavy (non-hydrogen) atoms. The Morgan fingerprint density at radius 1 is 1.28 bits per heavy atom. The maximum absolute atomic E-state index is 13.0. The predicted octanol–water partition coefficient (Wildman–Crippen LogP) is 2.49. The number of amides is 1. The Kier molecular flexibility index (Phi) is 3.44. The monoisotopic (exact) mass is 351 g/mol. The summed E-state index contributed by atoms with van der Waals surface area (Å²) >= 11 is 0. The van der Waals surface area contributed by atoms with E-state index in [4.69, 9.17) is 0 Å². The number of hydrogen-bond donors (Lipinski definition) is 1. The van der Waals surface area contributed by atoms with Crippen LogP contribution in [-0.2, 0) is 6.18 Å². The van der Waals surface area contributed by atoms with Crippen molar-refractivity contribution in [3.63, 3.8) is 0 Å². The van der Waals surface area contributed by atoms with Crippen molar-refractivity contribution in [3.05, 3.63) is 47.8 Å². The molecule has 2 aliphatic rings. The molecule has 1 saturated heterocycles. The molecular formula is C17H16F3N3O2. The van der Waals surface area contributed by atoms with Crippen LogP contribution in [0.15, 0.2) is 36.5 Å². The molecule has 4 rings (SSSR count). The van der Waals surface area contributed by atoms with Crippen LogP contribution in [0, 0.1) is 5.41 Å². The van der Waals surface area contributed by atoms with Gasteiger partial charge in [-0.25, -0.2) is 4.68 Å². The quantitative estimate of drug-likeness (QED) is 0.904. The average Bonchev–Trinajstić information content (AvgIpc) is 3.04. The van der Waals surface area contributed by atoms with Crippen LogP contribution in [0.5, 0.6) is 0 Å². The molecule has 132 valence electrons. The SMILES string of the molecule is O=C(c1cccc(-n2nccc2C(F)(F)F)c1)N1CC(O)C2(CC2)C1. The minimum atomic E-state index is -4.53. The zero-order valence-corrected chi connectivity index (χ0v) is 13.2. The van der Waals surface area contributed by atoms with Crippen molar-refractivity contribution in [1.29, 1.82) is 0 Å². The number of carbonyl (C=O) groups is 1. The van der Waals surface area contributed by atoms with Crippen molar-refractivity contribution in [1.82, 2.24) is 14.7 Å². The van der Waals surface area contributed by atoms with Crippen LogP contribution in [0.2, 0.25) is 0 Å². The number of rotatable bonds is 2. The van der Waals surface area contributed by atoms with E-state index in [1.165, 1.54) is 18.2 Å². The van der Waals surface area contributed by atoms with Crippen LogP contribution < -0.4 is 0 Å². The van der Waals surface area contributed by atoms with E-state index in [1.807, 2.05) is 0 Å². The van der Waals surface area contributed by atoms with Gasteiger partial charge in [0.2, 0.25) is 0 Å². The molecule has 1 aliphatic heterocycles. The lowest BCUT2D eigenvalue weighted by Crippen LogP contribution is -2.29. The van der Waals surface area contributed by atoms with Gasteiger partial charge in [0.15, 0.2) is 0 Å². The Morgan fingerprint density at radius 3 is 2.68 bits per heavy atom. The smallest absolute Gasteiger partial charge is 0.391 e. The fourth-order valence-electron chi connectivity index (χ4n) is 3.44. The molecular weight excluding hydrogens is 335 g/mol. The summed E-state index contributed by atoms with van der Waals surface area (Å²) in [6, 6.07) is 6.86. The molecule has 1 unspecified atom stereocenters. The summed E-state index contributed by atoms with van der Waals surface area (Å²) in [5, 5.41) is 13.8. The molecule has 1 amide bonds. The second-order valence-corrected chi connectivity index (χ2v) is 6.74. The van der Waals surface area contributed by atoms with Gasteiger partial charge in [0.05, 0.1) is 18.0 Å². The molecule has 1 aliphatic carbocycles. The number of aliphatic hydroxyl groups is 1. The normalized spacial score (nSPS) is 21.8. The number of aromatic nitrogens is 2. The largest absolute Gasteiger partial charge is 0.433 e. The van der Waals surface area contributed by atoms with Crippen LogP contribution in [0.1, 0.15) is 28.9 Å². The van der Waals surface area contributed by atoms with Gasteiger partial charge < -0.3 is 10.0 Å². The lowest BCUT2D eigenvalue weighted by atomic mass is 10.0. The fraction of sp³-hybridized carbons (Fsp3) is 0.412. The summed E-state index contributed by atoms with van der Waals surface area (Å²) in [7, 11) is 0. The molecule has 5 nitrogen and oxygen atoms in total. The lowest BCUT2D eigenvalue weighted by Gasteiger charge is -2.17. The van der Waals surface area contributed by atoms with E-state index in [1.54, 1.807) is 11.0 Å². The van der Waals surface area contributed by atoms with Crippen molar-refractivity contribution in [3.8, 4) is 5.69 Å². The highest BCUT2D eigenvalue weighted by molar-refractivity contribution is 5.95. The van der Waals surface area contributed by atoms with Gasteiger partial charge in [-0.3, -0.25) is 4.79 Å². The number of benzene rings is 1. The first-order valence-corrected chi connectivity index (χ1v) is 7.99. The maximum Gasteiger partial charge on any atom is 0.433 e. The van der Waals surface area contributed by atoms with Crippen LogP contribution in [0.3, 0.4) is 0 Å². The molecule has 2 heterocycles. The van der Waals surface area contributed by atoms with Gasteiger partial charge in [0, 0.05) is 24.1 Å². The van der Waals surface area contributed by atoms with E-state index in [2.05, 4.69) is 5.10 Å². The highest BCUT2D eigenvalue weighted by Gasteiger charge is 2.55. The summed E-state index contributed by atoms with van der Waals surface area (Å²) in [4.78, 5) is 14.2. The van der Waals surface area contributed by atoms with Crippen molar-refractivity contribution < 1.29 is 23.1 Å². The van der Waals surface area contributed by atoms with E-state index in [-0.39, 0.29) is 29.1 Å². The molecule has 1 N–H and O–H groups in total. The minimum absolute atomic E-state index is 0.168. The first kappa shape index (κ1) is 16.1. The Morgan fingerprint density at radius 2 is 2.04 bits per heavy atom. The lowest BCUT2D eigenvalue weighted by molar-refractivity contribution is -0.142. The van der Waals surface area contributed by atoms with E-state index < -0.39 is 18.0 Å². The minimum Gasteiger partial charge on any atom is -0.391 e. The van der Waals surface area contributed by atoms with E-state index in [0.717, 1.165) is 29.8 Å². The van der Waals surface area contributed by atoms with Gasteiger partial charge in [-0.15, -0.1) is 0 Å². The number of alkyl halides is 3. The first-order chi connectivity index (χ1) is 11.8. The Hall–Kier alpha value is -2.35. The molecule has 1 spiro atoms. The molecule has 1 aromatic carbocycles. The van der Waals surface area contributed by atoms with Crippen LogP contribution in [-0.4, -0.2) is 44.9 Å². The van der Waals surface area contributed by atoms with Gasteiger partial charge in [-0.2, -0.15) is 18.3 Å². The molecule has 0 radical (unpaired) electrons. The van der Waals surface area contributed by atoms with E-state index in [9.17, 15) is 23.1 Å². The van der Waals surface area contributed by atoms with Crippen molar-refractivity contribution in [2.75, 3.05) is 13.1 Å². The van der Waals surface area contributed by atoms with E-state index >= 15 is 0 Å². The highest BCUT2D eigenvalue weighted by atomic mass is 19.4. The molecule has 2 fully saturated rings. The zero-order valence-electron chi connectivity index (χ0n) is 13.2. The second kappa shape index (κ2) is 5.32. The molecule has 1 aromatic heterocycles. The summed E-state index contributed by atoms with van der Waals surface area (Å²) < 4.78 is 39.9. The number of β-amino-alcohol motifs (C(OH)–C–C–N with tert-alkyl or cyclic N) is 1. The predicted molar refractivity (Wildman–Crippen MR) is 82.1 cm³/mol. The Balaban J connectivity index is 1.62. The first-order valence-electron chi connectivity index (χ1n) is 7.99. The third-order valence-electron chi connectivity index (χ3n) is 5.06. The zero-order chi connectivity index (χ0) is 17.8. The maximum atomic E-state index is 13.0. The molecule has 2 aromatic rings. The second-order valence-electron chi connectivity index (χ2n) is 6.74. The van der Waals surface area contributed by atoms with Gasteiger partial charge in [0.25, 0.3) is 5.91 Å². The molecule has 1 atom stereocenters. The highest BCUT2D eigenvalue weighted by Crippen LogP contribution is 2.52. The number of likely N-dealkylation sites (tertiary alicyclic amines) is 1. The van der Waals surface area contributed by atoms with Crippen molar-refractivity contribution >= 4 is 5.91 Å². The third-order valence-corrected chi connectivity index (χ3v) is 5.06. The fourth-order valence-corrected chi connectivity index (χ4v) is 3.44. The van der Waals surface area contributed by atoms with Gasteiger partial charge in [-0.05, 0) is 37.1 Å². The van der Waals surface area contributed by atoms with Crippen LogP contribution in [0.4, 0.5) is 13.2 Å². The topological polar surface area (TPSA) is 58.4 Å². The average molecular weight is 351 g/mol. The Bertz CT molecular complexity index is 827. The number of aliphatic hydroxyl groups excluding tert-OH is 1. The molecule has 0 bridgehead atoms. The van der Waals surface area contributed by atoms with Gasteiger partial charge in [0.1, 0.15) is 5.69 Å². The summed E-state index contributed by atoms with van der Waals surface area (Å²) in [6.45, 7) is 0.755. The van der Waals surface area contributed by atoms with Crippen molar-refractivity contribution in [2.45, 2.75) is 25.1 Å². The molecule has 1 saturated carbocycles. The molecule has 8 heteroatoms. The number of nitrogens with zero attached hydrogens (tertiary/aromatic N) is 3. The summed E-state index contributed by atoms with van der Waals surface area (Å²) in [6.07, 6.45) is -2.18. The van der Waals surface area contributed by atoms with Gasteiger partial charge in [-0.1, -0.05) is 6.07 Å². The van der Waals surface area contributed by atoms with Crippen molar-refractivity contribution in [2.24, 2.45) is 5.41 Å². The van der Waals surface area contributed by atoms with E-state index in [0.29, 0.717) is 6.54 Å². The Labute approximate surface area is 141 Å². The number of hydrogen-bond acceptors (Lipinski definition) is 3.